The molecule has 0 aromatic carbocycles. The Labute approximate surface area is 116 Å². The van der Waals surface area contributed by atoms with Crippen molar-refractivity contribution in [2.24, 2.45) is 11.8 Å². The third kappa shape index (κ3) is 3.82. The fourth-order valence-electron chi connectivity index (χ4n) is 3.10. The number of rotatable bonds is 5. The highest BCUT2D eigenvalue weighted by Crippen LogP contribution is 2.30. The Morgan fingerprint density at radius 2 is 2.05 bits per heavy atom. The third-order valence-corrected chi connectivity index (χ3v) is 4.21. The molecule has 2 unspecified atom stereocenters. The fraction of sp³-hybridized carbons (Fsp3) is 0.733. The highest BCUT2D eigenvalue weighted by atomic mass is 15.1. The second-order valence-electron chi connectivity index (χ2n) is 5.80. The standard InChI is InChI=1S/C15H26N4/c1-11-5-4-6-13(9-11)7-8-17-15-12(2)14(16-3)18-10-19-15/h10-11,13H,4-9H2,1-3H3,(H2,16,17,18,19). The smallest absolute Gasteiger partial charge is 0.134 e. The topological polar surface area (TPSA) is 49.8 Å². The molecule has 2 atom stereocenters. The average Bonchev–Trinajstić information content (AvgIpc) is 2.41. The Morgan fingerprint density at radius 1 is 1.26 bits per heavy atom. The summed E-state index contributed by atoms with van der Waals surface area (Å²) in [7, 11) is 1.89. The molecule has 4 nitrogen and oxygen atoms in total. The molecule has 106 valence electrons. The van der Waals surface area contributed by atoms with Gasteiger partial charge in [-0.1, -0.05) is 26.2 Å². The van der Waals surface area contributed by atoms with Crippen molar-refractivity contribution >= 4 is 11.6 Å². The summed E-state index contributed by atoms with van der Waals surface area (Å²) in [6, 6.07) is 0. The van der Waals surface area contributed by atoms with Gasteiger partial charge in [-0.2, -0.15) is 0 Å². The maximum atomic E-state index is 4.32. The minimum absolute atomic E-state index is 0.891. The predicted molar refractivity (Wildman–Crippen MR) is 80.5 cm³/mol. The largest absolute Gasteiger partial charge is 0.373 e. The SMILES string of the molecule is CNc1ncnc(NCCC2CCCC(C)C2)c1C. The highest BCUT2D eigenvalue weighted by Gasteiger charge is 2.18. The second-order valence-corrected chi connectivity index (χ2v) is 5.80. The summed E-state index contributed by atoms with van der Waals surface area (Å²) in [5.74, 6) is 3.67. The number of hydrogen-bond donors (Lipinski definition) is 2. The summed E-state index contributed by atoms with van der Waals surface area (Å²) in [5.41, 5.74) is 1.10. The Hall–Kier alpha value is -1.32. The van der Waals surface area contributed by atoms with Gasteiger partial charge in [0.25, 0.3) is 0 Å². The number of nitrogens with zero attached hydrogens (tertiary/aromatic N) is 2. The van der Waals surface area contributed by atoms with Gasteiger partial charge in [0.2, 0.25) is 0 Å². The van der Waals surface area contributed by atoms with E-state index in [9.17, 15) is 0 Å². The van der Waals surface area contributed by atoms with Crippen molar-refractivity contribution in [3.8, 4) is 0 Å². The van der Waals surface area contributed by atoms with Gasteiger partial charge in [0.1, 0.15) is 18.0 Å². The number of aromatic nitrogens is 2. The Bertz CT molecular complexity index is 405. The van der Waals surface area contributed by atoms with Crippen molar-refractivity contribution in [1.29, 1.82) is 0 Å². The lowest BCUT2D eigenvalue weighted by Gasteiger charge is -2.26. The van der Waals surface area contributed by atoms with Crippen LogP contribution in [0, 0.1) is 18.8 Å². The van der Waals surface area contributed by atoms with E-state index in [1.807, 2.05) is 7.05 Å². The van der Waals surface area contributed by atoms with E-state index in [2.05, 4.69) is 34.4 Å². The summed E-state index contributed by atoms with van der Waals surface area (Å²) in [4.78, 5) is 8.53. The summed E-state index contributed by atoms with van der Waals surface area (Å²) >= 11 is 0. The van der Waals surface area contributed by atoms with Crippen molar-refractivity contribution in [2.75, 3.05) is 24.2 Å². The van der Waals surface area contributed by atoms with E-state index in [4.69, 9.17) is 0 Å². The fourth-order valence-corrected chi connectivity index (χ4v) is 3.10. The van der Waals surface area contributed by atoms with Gasteiger partial charge in [0, 0.05) is 19.2 Å². The van der Waals surface area contributed by atoms with Crippen molar-refractivity contribution in [3.63, 3.8) is 0 Å². The molecule has 0 amide bonds. The average molecular weight is 262 g/mol. The molecule has 2 N–H and O–H groups in total. The van der Waals surface area contributed by atoms with Crippen LogP contribution in [0.2, 0.25) is 0 Å². The van der Waals surface area contributed by atoms with Crippen LogP contribution in [0.1, 0.15) is 44.6 Å². The van der Waals surface area contributed by atoms with Gasteiger partial charge in [0.15, 0.2) is 0 Å². The van der Waals surface area contributed by atoms with Gasteiger partial charge in [-0.05, 0) is 31.6 Å². The quantitative estimate of drug-likeness (QED) is 0.853. The van der Waals surface area contributed by atoms with Crippen LogP contribution in [0.25, 0.3) is 0 Å². The first-order valence-electron chi connectivity index (χ1n) is 7.44. The van der Waals surface area contributed by atoms with E-state index < -0.39 is 0 Å². The molecule has 2 rings (SSSR count). The highest BCUT2D eigenvalue weighted by molar-refractivity contribution is 5.55. The summed E-state index contributed by atoms with van der Waals surface area (Å²) in [6.45, 7) is 5.45. The minimum atomic E-state index is 0.891. The molecular formula is C15H26N4. The molecule has 0 radical (unpaired) electrons. The van der Waals surface area contributed by atoms with E-state index in [0.717, 1.165) is 35.6 Å². The number of anilines is 2. The Kier molecular flexibility index (Phi) is 5.00. The minimum Gasteiger partial charge on any atom is -0.373 e. The van der Waals surface area contributed by atoms with Crippen LogP contribution in [0.15, 0.2) is 6.33 Å². The predicted octanol–water partition coefficient (Wildman–Crippen LogP) is 3.46. The summed E-state index contributed by atoms with van der Waals surface area (Å²) in [6.07, 6.45) is 8.48. The lowest BCUT2D eigenvalue weighted by atomic mass is 9.81. The molecular weight excluding hydrogens is 236 g/mol. The number of hydrogen-bond acceptors (Lipinski definition) is 4. The maximum absolute atomic E-state index is 4.32. The molecule has 0 bridgehead atoms. The van der Waals surface area contributed by atoms with Crippen molar-refractivity contribution < 1.29 is 0 Å². The molecule has 1 saturated carbocycles. The van der Waals surface area contributed by atoms with Crippen molar-refractivity contribution in [1.82, 2.24) is 9.97 Å². The zero-order valence-corrected chi connectivity index (χ0v) is 12.4. The first kappa shape index (κ1) is 14.1. The zero-order valence-electron chi connectivity index (χ0n) is 12.4. The number of nitrogens with one attached hydrogen (secondary N) is 2. The van der Waals surface area contributed by atoms with Crippen LogP contribution in [-0.2, 0) is 0 Å². The monoisotopic (exact) mass is 262 g/mol. The molecule has 1 heterocycles. The van der Waals surface area contributed by atoms with Gasteiger partial charge < -0.3 is 10.6 Å². The van der Waals surface area contributed by atoms with Gasteiger partial charge in [-0.25, -0.2) is 9.97 Å². The molecule has 0 spiro atoms. The van der Waals surface area contributed by atoms with Crippen LogP contribution in [0.4, 0.5) is 11.6 Å². The zero-order chi connectivity index (χ0) is 13.7. The molecule has 4 heteroatoms. The molecule has 0 saturated heterocycles. The van der Waals surface area contributed by atoms with Crippen LogP contribution in [0.5, 0.6) is 0 Å². The molecule has 1 fully saturated rings. The van der Waals surface area contributed by atoms with Gasteiger partial charge >= 0.3 is 0 Å². The van der Waals surface area contributed by atoms with Crippen molar-refractivity contribution in [2.45, 2.75) is 46.0 Å². The van der Waals surface area contributed by atoms with Crippen LogP contribution >= 0.6 is 0 Å². The molecule has 1 aromatic heterocycles. The van der Waals surface area contributed by atoms with E-state index in [0.29, 0.717) is 0 Å². The van der Waals surface area contributed by atoms with Crippen LogP contribution in [0.3, 0.4) is 0 Å². The molecule has 1 aliphatic carbocycles. The van der Waals surface area contributed by atoms with E-state index in [-0.39, 0.29) is 0 Å². The van der Waals surface area contributed by atoms with E-state index in [1.165, 1.54) is 32.1 Å². The summed E-state index contributed by atoms with van der Waals surface area (Å²) < 4.78 is 0. The molecule has 1 aliphatic rings. The van der Waals surface area contributed by atoms with Crippen LogP contribution in [-0.4, -0.2) is 23.6 Å². The third-order valence-electron chi connectivity index (χ3n) is 4.21. The van der Waals surface area contributed by atoms with Crippen LogP contribution < -0.4 is 10.6 Å². The van der Waals surface area contributed by atoms with E-state index >= 15 is 0 Å². The Balaban J connectivity index is 1.82. The van der Waals surface area contributed by atoms with Gasteiger partial charge in [-0.15, -0.1) is 0 Å². The van der Waals surface area contributed by atoms with Gasteiger partial charge in [-0.3, -0.25) is 0 Å². The summed E-state index contributed by atoms with van der Waals surface area (Å²) in [5, 5.41) is 6.55. The maximum Gasteiger partial charge on any atom is 0.134 e. The molecule has 0 aliphatic heterocycles. The lowest BCUT2D eigenvalue weighted by Crippen LogP contribution is -2.17. The van der Waals surface area contributed by atoms with Crippen molar-refractivity contribution in [3.05, 3.63) is 11.9 Å². The first-order valence-corrected chi connectivity index (χ1v) is 7.44. The lowest BCUT2D eigenvalue weighted by molar-refractivity contribution is 0.274. The van der Waals surface area contributed by atoms with E-state index in [1.54, 1.807) is 6.33 Å². The normalized spacial score (nSPS) is 23.1. The second kappa shape index (κ2) is 6.73. The molecule has 19 heavy (non-hydrogen) atoms. The molecule has 1 aromatic rings. The Morgan fingerprint density at radius 3 is 2.79 bits per heavy atom. The van der Waals surface area contributed by atoms with Gasteiger partial charge in [0.05, 0.1) is 0 Å². The first-order chi connectivity index (χ1) is 9.20.